The second-order valence-electron chi connectivity index (χ2n) is 20.5. The van der Waals surface area contributed by atoms with Gasteiger partial charge in [-0.15, -0.1) is 0 Å². The van der Waals surface area contributed by atoms with Crippen LogP contribution < -0.4 is 5.32 Å². The fourth-order valence-electron chi connectivity index (χ4n) is 8.23. The van der Waals surface area contributed by atoms with Gasteiger partial charge in [0, 0.05) is 12.8 Å². The van der Waals surface area contributed by atoms with Crippen LogP contribution in [0.25, 0.3) is 0 Å². The van der Waals surface area contributed by atoms with Gasteiger partial charge in [-0.3, -0.25) is 18.6 Å². The van der Waals surface area contributed by atoms with Crippen molar-refractivity contribution in [2.75, 3.05) is 40.9 Å². The van der Waals surface area contributed by atoms with Gasteiger partial charge < -0.3 is 19.4 Å². The summed E-state index contributed by atoms with van der Waals surface area (Å²) in [5.74, 6) is -0.513. The lowest BCUT2D eigenvalue weighted by Crippen LogP contribution is -2.47. The van der Waals surface area contributed by atoms with E-state index in [-0.39, 0.29) is 25.1 Å². The van der Waals surface area contributed by atoms with Gasteiger partial charge in [-0.2, -0.15) is 0 Å². The lowest BCUT2D eigenvalue weighted by Gasteiger charge is -2.27. The topological polar surface area (TPSA) is 111 Å². The number of nitrogens with one attached hydrogen (secondary N) is 1. The van der Waals surface area contributed by atoms with E-state index in [1.54, 1.807) is 0 Å². The molecule has 0 aromatic heterocycles. The van der Waals surface area contributed by atoms with Crippen LogP contribution in [0, 0.1) is 0 Å². The van der Waals surface area contributed by atoms with Crippen LogP contribution in [0.1, 0.15) is 271 Å². The van der Waals surface area contributed by atoms with Crippen molar-refractivity contribution in [2.24, 2.45) is 0 Å². The predicted octanol–water partition coefficient (Wildman–Crippen LogP) is 16.6. The number of ether oxygens (including phenoxy) is 1. The number of quaternary nitrogens is 1. The third-order valence-electron chi connectivity index (χ3n) is 12.6. The standard InChI is InChI=1S/C56H109N2O7P/c1-7-10-13-16-19-22-25-28-30-33-36-39-42-45-48-55(59)57-53(52-64-66(61,62)63-51-50-58(4,5)6)54(47-44-41-38-35-32-27-24-21-18-15-12-9-3)65-56(60)49-46-43-40-37-34-31-29-26-23-20-17-14-11-8-2/h30,33,44,47,53-54H,7-29,31-32,34-43,45-46,48-52H2,1-6H3,(H-,57,59,61,62)/p+1/b33-30-,47-44+. The molecule has 0 radical (unpaired) electrons. The summed E-state index contributed by atoms with van der Waals surface area (Å²) in [6, 6.07) is -0.848. The maximum absolute atomic E-state index is 13.5. The Balaban J connectivity index is 5.38. The molecule has 66 heavy (non-hydrogen) atoms. The average Bonchev–Trinajstić information content (AvgIpc) is 3.27. The highest BCUT2D eigenvalue weighted by molar-refractivity contribution is 7.47. The van der Waals surface area contributed by atoms with Crippen molar-refractivity contribution in [3.63, 3.8) is 0 Å². The summed E-state index contributed by atoms with van der Waals surface area (Å²) in [5, 5.41) is 3.04. The van der Waals surface area contributed by atoms with E-state index in [2.05, 4.69) is 38.2 Å². The number of carbonyl (C=O) groups is 2. The second kappa shape index (κ2) is 47.2. The highest BCUT2D eigenvalue weighted by Gasteiger charge is 2.30. The highest BCUT2D eigenvalue weighted by atomic mass is 31.2. The number of likely N-dealkylation sites (N-methyl/N-ethyl adjacent to an activating group) is 1. The van der Waals surface area contributed by atoms with Crippen molar-refractivity contribution < 1.29 is 37.3 Å². The molecular weight excluding hydrogens is 844 g/mol. The Morgan fingerprint density at radius 3 is 1.30 bits per heavy atom. The van der Waals surface area contributed by atoms with Crippen molar-refractivity contribution in [2.45, 2.75) is 283 Å². The first-order chi connectivity index (χ1) is 31.9. The molecule has 10 heteroatoms. The molecule has 0 saturated carbocycles. The molecule has 0 aromatic rings. The number of rotatable bonds is 51. The van der Waals surface area contributed by atoms with E-state index >= 15 is 0 Å². The van der Waals surface area contributed by atoms with Crippen molar-refractivity contribution in [1.82, 2.24) is 5.32 Å². The molecule has 1 amide bonds. The van der Waals surface area contributed by atoms with Crippen LogP contribution in [0.2, 0.25) is 0 Å². The highest BCUT2D eigenvalue weighted by Crippen LogP contribution is 2.43. The zero-order valence-electron chi connectivity index (χ0n) is 44.5. The summed E-state index contributed by atoms with van der Waals surface area (Å²) in [7, 11) is 1.50. The number of carbonyl (C=O) groups excluding carboxylic acids is 2. The first-order valence-corrected chi connectivity index (χ1v) is 29.7. The van der Waals surface area contributed by atoms with Crippen LogP contribution in [0.3, 0.4) is 0 Å². The number of esters is 1. The maximum Gasteiger partial charge on any atom is 0.472 e. The van der Waals surface area contributed by atoms with Gasteiger partial charge in [0.2, 0.25) is 5.91 Å². The fourth-order valence-corrected chi connectivity index (χ4v) is 8.96. The Kier molecular flexibility index (Phi) is 46.1. The number of amides is 1. The number of phosphoric ester groups is 1. The third-order valence-corrected chi connectivity index (χ3v) is 13.6. The molecule has 0 aliphatic carbocycles. The monoisotopic (exact) mass is 954 g/mol. The predicted molar refractivity (Wildman–Crippen MR) is 282 cm³/mol. The van der Waals surface area contributed by atoms with Gasteiger partial charge in [0.15, 0.2) is 0 Å². The SMILES string of the molecule is CCCCCCCCC/C=C\CCCCCC(=O)NC(COP(=O)(O)OCC[N+](C)(C)C)C(/C=C/CCCCCCCCCCCC)OC(=O)CCCCCCCCCCCCCCCC. The lowest BCUT2D eigenvalue weighted by molar-refractivity contribution is -0.870. The molecule has 0 heterocycles. The minimum absolute atomic E-state index is 0.0407. The van der Waals surface area contributed by atoms with Gasteiger partial charge in [-0.25, -0.2) is 4.57 Å². The number of hydrogen-bond donors (Lipinski definition) is 2. The molecule has 0 rings (SSSR count). The van der Waals surface area contributed by atoms with E-state index in [4.69, 9.17) is 13.8 Å². The number of nitrogens with zero attached hydrogens (tertiary/aromatic N) is 1. The zero-order chi connectivity index (χ0) is 48.7. The number of hydrogen-bond acceptors (Lipinski definition) is 6. The maximum atomic E-state index is 13.5. The van der Waals surface area contributed by atoms with Crippen LogP contribution in [-0.2, 0) is 27.9 Å². The minimum Gasteiger partial charge on any atom is -0.456 e. The van der Waals surface area contributed by atoms with E-state index in [1.807, 2.05) is 33.3 Å². The van der Waals surface area contributed by atoms with Crippen molar-refractivity contribution in [1.29, 1.82) is 0 Å². The molecule has 0 aromatic carbocycles. The normalized spacial score (nSPS) is 14.0. The average molecular weight is 954 g/mol. The van der Waals surface area contributed by atoms with Crippen LogP contribution >= 0.6 is 7.82 Å². The molecule has 3 unspecified atom stereocenters. The number of phosphoric acid groups is 1. The number of unbranched alkanes of at least 4 members (excludes halogenated alkanes) is 33. The van der Waals surface area contributed by atoms with E-state index in [1.165, 1.54) is 167 Å². The zero-order valence-corrected chi connectivity index (χ0v) is 45.3. The van der Waals surface area contributed by atoms with Crippen LogP contribution in [0.4, 0.5) is 0 Å². The van der Waals surface area contributed by atoms with Crippen molar-refractivity contribution >= 4 is 19.7 Å². The fraction of sp³-hybridized carbons (Fsp3) is 0.893. The first-order valence-electron chi connectivity index (χ1n) is 28.2. The summed E-state index contributed by atoms with van der Waals surface area (Å²) in [6.45, 7) is 7.01. The molecule has 0 bridgehead atoms. The summed E-state index contributed by atoms with van der Waals surface area (Å²) in [5.41, 5.74) is 0. The number of allylic oxidation sites excluding steroid dienone is 3. The van der Waals surface area contributed by atoms with Crippen LogP contribution in [0.5, 0.6) is 0 Å². The molecule has 390 valence electrons. The van der Waals surface area contributed by atoms with Crippen molar-refractivity contribution in [3.05, 3.63) is 24.3 Å². The first kappa shape index (κ1) is 64.5. The third kappa shape index (κ3) is 47.6. The Morgan fingerprint density at radius 2 is 0.879 bits per heavy atom. The second-order valence-corrected chi connectivity index (χ2v) is 21.9. The van der Waals surface area contributed by atoms with Crippen molar-refractivity contribution in [3.8, 4) is 0 Å². The Bertz CT molecular complexity index is 1190. The van der Waals surface area contributed by atoms with Gasteiger partial charge in [0.05, 0.1) is 33.8 Å². The van der Waals surface area contributed by atoms with Gasteiger partial charge in [-0.05, 0) is 57.4 Å². The van der Waals surface area contributed by atoms with E-state index in [9.17, 15) is 19.0 Å². The Hall–Kier alpha value is -1.51. The summed E-state index contributed by atoms with van der Waals surface area (Å²) in [6.07, 6.45) is 53.1. The molecule has 0 spiro atoms. The molecule has 2 N–H and O–H groups in total. The summed E-state index contributed by atoms with van der Waals surface area (Å²) >= 11 is 0. The molecule has 0 aliphatic heterocycles. The minimum atomic E-state index is -4.44. The van der Waals surface area contributed by atoms with E-state index < -0.39 is 20.0 Å². The lowest BCUT2D eigenvalue weighted by atomic mass is 10.0. The summed E-state index contributed by atoms with van der Waals surface area (Å²) in [4.78, 5) is 37.5. The van der Waals surface area contributed by atoms with Gasteiger partial charge in [0.25, 0.3) is 0 Å². The quantitative estimate of drug-likeness (QED) is 0.0205. The Labute approximate surface area is 409 Å². The van der Waals surface area contributed by atoms with E-state index in [0.29, 0.717) is 23.9 Å². The largest absolute Gasteiger partial charge is 0.472 e. The molecule has 0 saturated heterocycles. The van der Waals surface area contributed by atoms with Gasteiger partial charge in [0.1, 0.15) is 19.3 Å². The van der Waals surface area contributed by atoms with Crippen LogP contribution in [0.15, 0.2) is 24.3 Å². The van der Waals surface area contributed by atoms with E-state index in [0.717, 1.165) is 70.6 Å². The molecule has 3 atom stereocenters. The Morgan fingerprint density at radius 1 is 0.515 bits per heavy atom. The van der Waals surface area contributed by atoms with Gasteiger partial charge in [-0.1, -0.05) is 225 Å². The summed E-state index contributed by atoms with van der Waals surface area (Å²) < 4.78 is 30.6. The molecule has 0 fully saturated rings. The van der Waals surface area contributed by atoms with Gasteiger partial charge >= 0.3 is 13.8 Å². The molecular formula is C56H110N2O7P+. The van der Waals surface area contributed by atoms with Crippen LogP contribution in [-0.4, -0.2) is 74.3 Å². The molecule has 9 nitrogen and oxygen atoms in total. The smallest absolute Gasteiger partial charge is 0.456 e. The molecule has 0 aliphatic rings.